The fourth-order valence-corrected chi connectivity index (χ4v) is 2.62. The highest BCUT2D eigenvalue weighted by atomic mass is 79.9. The summed E-state index contributed by atoms with van der Waals surface area (Å²) < 4.78 is 14.2. The summed E-state index contributed by atoms with van der Waals surface area (Å²) in [5.41, 5.74) is 0.270. The molecule has 1 saturated heterocycles. The molecular weight excluding hydrogens is 343 g/mol. The third-order valence-corrected chi connectivity index (χ3v) is 4.05. The van der Waals surface area contributed by atoms with E-state index in [1.165, 1.54) is 6.07 Å². The van der Waals surface area contributed by atoms with Crippen molar-refractivity contribution >= 4 is 33.5 Å². The molecule has 1 fully saturated rings. The van der Waals surface area contributed by atoms with Gasteiger partial charge in [0.25, 0.3) is 0 Å². The van der Waals surface area contributed by atoms with Crippen LogP contribution in [0.25, 0.3) is 0 Å². The van der Waals surface area contributed by atoms with Crippen LogP contribution in [-0.2, 0) is 9.59 Å². The van der Waals surface area contributed by atoms with Crippen LogP contribution in [0, 0.1) is 11.7 Å². The summed E-state index contributed by atoms with van der Waals surface area (Å²) >= 11 is 3.17. The number of hydrogen-bond donors (Lipinski definition) is 2. The van der Waals surface area contributed by atoms with Gasteiger partial charge in [0.2, 0.25) is 5.91 Å². The van der Waals surface area contributed by atoms with E-state index in [4.69, 9.17) is 5.11 Å². The van der Waals surface area contributed by atoms with Crippen LogP contribution >= 0.6 is 15.9 Å². The maximum Gasteiger partial charge on any atom is 0.306 e. The molecule has 1 aromatic rings. The largest absolute Gasteiger partial charge is 0.481 e. The number of hydrogen-bond acceptors (Lipinski definition) is 3. The van der Waals surface area contributed by atoms with Crippen LogP contribution in [0.5, 0.6) is 0 Å². The Kier molecular flexibility index (Phi) is 5.17. The molecule has 0 saturated carbocycles. The van der Waals surface area contributed by atoms with Gasteiger partial charge in [0, 0.05) is 17.6 Å². The van der Waals surface area contributed by atoms with Gasteiger partial charge in [-0.3, -0.25) is 9.59 Å². The molecule has 7 heteroatoms. The van der Waals surface area contributed by atoms with E-state index >= 15 is 0 Å². The van der Waals surface area contributed by atoms with Crippen molar-refractivity contribution in [1.29, 1.82) is 0 Å². The predicted molar refractivity (Wildman–Crippen MR) is 79.5 cm³/mol. The number of aliphatic carboxylic acids is 1. The van der Waals surface area contributed by atoms with Gasteiger partial charge in [0.05, 0.1) is 18.2 Å². The summed E-state index contributed by atoms with van der Waals surface area (Å²) in [6, 6.07) is 4.57. The smallest absolute Gasteiger partial charge is 0.306 e. The minimum atomic E-state index is -0.808. The van der Waals surface area contributed by atoms with Crippen LogP contribution in [0.1, 0.15) is 12.8 Å². The zero-order valence-corrected chi connectivity index (χ0v) is 12.9. The number of carbonyl (C=O) groups is 2. The first kappa shape index (κ1) is 15.8. The third kappa shape index (κ3) is 4.17. The second kappa shape index (κ2) is 6.89. The topological polar surface area (TPSA) is 69.6 Å². The van der Waals surface area contributed by atoms with E-state index in [2.05, 4.69) is 21.2 Å². The molecule has 1 aliphatic heterocycles. The molecule has 5 nitrogen and oxygen atoms in total. The fraction of sp³-hybridized carbons (Fsp3) is 0.429. The Bertz CT molecular complexity index is 545. The van der Waals surface area contributed by atoms with Gasteiger partial charge in [0.1, 0.15) is 5.82 Å². The standard InChI is InChI=1S/C14H16BrFN2O3/c15-10-1-2-12(11(16)7-10)17-8-13(19)18-5-3-9(4-6-18)14(20)21/h1-2,7,9,17H,3-6,8H2,(H,20,21). The Balaban J connectivity index is 1.84. The highest BCUT2D eigenvalue weighted by Gasteiger charge is 2.26. The molecular formula is C14H16BrFN2O3. The number of likely N-dealkylation sites (tertiary alicyclic amines) is 1. The van der Waals surface area contributed by atoms with E-state index in [1.54, 1.807) is 17.0 Å². The fourth-order valence-electron chi connectivity index (χ4n) is 2.29. The first-order valence-electron chi connectivity index (χ1n) is 6.67. The van der Waals surface area contributed by atoms with Crippen molar-refractivity contribution in [3.63, 3.8) is 0 Å². The molecule has 1 aliphatic rings. The van der Waals surface area contributed by atoms with Gasteiger partial charge in [-0.25, -0.2) is 4.39 Å². The molecule has 0 aliphatic carbocycles. The third-order valence-electron chi connectivity index (χ3n) is 3.56. The monoisotopic (exact) mass is 358 g/mol. The lowest BCUT2D eigenvalue weighted by Gasteiger charge is -2.30. The lowest BCUT2D eigenvalue weighted by atomic mass is 9.97. The molecule has 0 bridgehead atoms. The first-order valence-corrected chi connectivity index (χ1v) is 7.46. The van der Waals surface area contributed by atoms with Crippen LogP contribution < -0.4 is 5.32 Å². The Hall–Kier alpha value is -1.63. The Morgan fingerprint density at radius 1 is 1.38 bits per heavy atom. The summed E-state index contributed by atoms with van der Waals surface area (Å²) in [6.45, 7) is 0.858. The number of carboxylic acid groups (broad SMARTS) is 1. The number of halogens is 2. The Labute approximate surface area is 130 Å². The Morgan fingerprint density at radius 2 is 2.05 bits per heavy atom. The molecule has 1 amide bonds. The van der Waals surface area contributed by atoms with Crippen LogP contribution in [-0.4, -0.2) is 41.5 Å². The molecule has 0 aromatic heterocycles. The van der Waals surface area contributed by atoms with E-state index in [9.17, 15) is 14.0 Å². The maximum atomic E-state index is 13.6. The predicted octanol–water partition coefficient (Wildman–Crippen LogP) is 2.32. The zero-order valence-electron chi connectivity index (χ0n) is 11.3. The average Bonchev–Trinajstić information content (AvgIpc) is 2.46. The molecule has 1 heterocycles. The van der Waals surface area contributed by atoms with Crippen molar-refractivity contribution in [2.24, 2.45) is 5.92 Å². The molecule has 0 spiro atoms. The highest BCUT2D eigenvalue weighted by Crippen LogP contribution is 2.20. The quantitative estimate of drug-likeness (QED) is 0.866. The van der Waals surface area contributed by atoms with E-state index in [0.717, 1.165) is 0 Å². The number of benzene rings is 1. The number of nitrogens with one attached hydrogen (secondary N) is 1. The van der Waals surface area contributed by atoms with Crippen molar-refractivity contribution < 1.29 is 19.1 Å². The molecule has 114 valence electrons. The number of piperidine rings is 1. The number of anilines is 1. The van der Waals surface area contributed by atoms with Crippen molar-refractivity contribution in [3.05, 3.63) is 28.5 Å². The second-order valence-electron chi connectivity index (χ2n) is 4.97. The van der Waals surface area contributed by atoms with Gasteiger partial charge in [-0.05, 0) is 31.0 Å². The highest BCUT2D eigenvalue weighted by molar-refractivity contribution is 9.10. The van der Waals surface area contributed by atoms with Gasteiger partial charge in [-0.1, -0.05) is 15.9 Å². The van der Waals surface area contributed by atoms with Crippen molar-refractivity contribution in [2.45, 2.75) is 12.8 Å². The van der Waals surface area contributed by atoms with Crippen LogP contribution in [0.2, 0.25) is 0 Å². The molecule has 1 aromatic carbocycles. The number of carbonyl (C=O) groups excluding carboxylic acids is 1. The van der Waals surface area contributed by atoms with Gasteiger partial charge in [0.15, 0.2) is 0 Å². The van der Waals surface area contributed by atoms with Crippen molar-refractivity contribution in [2.75, 3.05) is 25.0 Å². The minimum absolute atomic E-state index is 0.00368. The molecule has 0 radical (unpaired) electrons. The van der Waals surface area contributed by atoms with Crippen LogP contribution in [0.3, 0.4) is 0 Å². The Morgan fingerprint density at radius 3 is 2.62 bits per heavy atom. The van der Waals surface area contributed by atoms with Gasteiger partial charge >= 0.3 is 5.97 Å². The lowest BCUT2D eigenvalue weighted by Crippen LogP contribution is -2.42. The summed E-state index contributed by atoms with van der Waals surface area (Å²) in [5.74, 6) is -1.76. The summed E-state index contributed by atoms with van der Waals surface area (Å²) in [7, 11) is 0. The number of nitrogens with zero attached hydrogens (tertiary/aromatic N) is 1. The molecule has 2 rings (SSSR count). The van der Waals surface area contributed by atoms with E-state index in [1.807, 2.05) is 0 Å². The molecule has 0 atom stereocenters. The normalized spacial score (nSPS) is 15.8. The second-order valence-corrected chi connectivity index (χ2v) is 5.89. The number of carboxylic acids is 1. The SMILES string of the molecule is O=C(O)C1CCN(C(=O)CNc2ccc(Br)cc2F)CC1. The summed E-state index contributed by atoms with van der Waals surface area (Å²) in [6.07, 6.45) is 0.932. The van der Waals surface area contributed by atoms with E-state index in [0.29, 0.717) is 30.4 Å². The van der Waals surface area contributed by atoms with E-state index < -0.39 is 11.8 Å². The van der Waals surface area contributed by atoms with E-state index in [-0.39, 0.29) is 24.1 Å². The molecule has 2 N–H and O–H groups in total. The summed E-state index contributed by atoms with van der Waals surface area (Å²) in [5, 5.41) is 11.7. The molecule has 0 unspecified atom stereocenters. The van der Waals surface area contributed by atoms with Crippen molar-refractivity contribution in [1.82, 2.24) is 4.90 Å². The van der Waals surface area contributed by atoms with Gasteiger partial charge < -0.3 is 15.3 Å². The minimum Gasteiger partial charge on any atom is -0.481 e. The first-order chi connectivity index (χ1) is 9.97. The van der Waals surface area contributed by atoms with Gasteiger partial charge in [-0.2, -0.15) is 0 Å². The van der Waals surface area contributed by atoms with Crippen molar-refractivity contribution in [3.8, 4) is 0 Å². The van der Waals surface area contributed by atoms with Gasteiger partial charge in [-0.15, -0.1) is 0 Å². The average molecular weight is 359 g/mol. The number of amides is 1. The molecule has 21 heavy (non-hydrogen) atoms. The number of rotatable bonds is 4. The lowest BCUT2D eigenvalue weighted by molar-refractivity contribution is -0.145. The summed E-state index contributed by atoms with van der Waals surface area (Å²) in [4.78, 5) is 24.5. The van der Waals surface area contributed by atoms with Crippen LogP contribution in [0.4, 0.5) is 10.1 Å². The maximum absolute atomic E-state index is 13.6. The van der Waals surface area contributed by atoms with Crippen LogP contribution in [0.15, 0.2) is 22.7 Å². The zero-order chi connectivity index (χ0) is 15.4.